The number of nitrogens with one attached hydrogen (secondary N) is 2. The van der Waals surface area contributed by atoms with Gasteiger partial charge in [-0.1, -0.05) is 48.0 Å². The molecule has 1 aromatic heterocycles. The third-order valence-corrected chi connectivity index (χ3v) is 3.44. The van der Waals surface area contributed by atoms with Gasteiger partial charge in [-0.3, -0.25) is 9.78 Å². The van der Waals surface area contributed by atoms with Gasteiger partial charge in [0.05, 0.1) is 11.2 Å². The summed E-state index contributed by atoms with van der Waals surface area (Å²) in [6.07, 6.45) is 1.20. The minimum atomic E-state index is -0.507. The van der Waals surface area contributed by atoms with E-state index in [0.717, 1.165) is 0 Å². The number of hydrogen-bond donors (Lipinski definition) is 2. The van der Waals surface area contributed by atoms with Crippen LogP contribution >= 0.6 is 11.6 Å². The maximum atomic E-state index is 13.6. The van der Waals surface area contributed by atoms with Gasteiger partial charge in [0.2, 0.25) is 5.95 Å². The van der Waals surface area contributed by atoms with Crippen LogP contribution in [0.5, 0.6) is 0 Å². The number of H-pyrrole nitrogens is 1. The monoisotopic (exact) mass is 343 g/mol. The maximum Gasteiger partial charge on any atom is 0.279 e. The maximum absolute atomic E-state index is 13.6. The van der Waals surface area contributed by atoms with Crippen molar-refractivity contribution in [3.8, 4) is 11.3 Å². The van der Waals surface area contributed by atoms with Crippen LogP contribution in [0.1, 0.15) is 5.56 Å². The van der Waals surface area contributed by atoms with E-state index in [0.29, 0.717) is 5.56 Å². The lowest BCUT2D eigenvalue weighted by atomic mass is 10.2. The van der Waals surface area contributed by atoms with Gasteiger partial charge in [0.1, 0.15) is 5.82 Å². The molecule has 24 heavy (non-hydrogen) atoms. The van der Waals surface area contributed by atoms with Gasteiger partial charge >= 0.3 is 0 Å². The molecule has 3 rings (SSSR count). The lowest BCUT2D eigenvalue weighted by Gasteiger charge is -2.02. The molecule has 0 fully saturated rings. The molecule has 0 atom stereocenters. The average Bonchev–Trinajstić information content (AvgIpc) is 2.58. The molecule has 8 heteroatoms. The minimum absolute atomic E-state index is 0.0309. The smallest absolute Gasteiger partial charge is 0.279 e. The summed E-state index contributed by atoms with van der Waals surface area (Å²) in [7, 11) is 0. The van der Waals surface area contributed by atoms with Crippen molar-refractivity contribution < 1.29 is 4.39 Å². The minimum Gasteiger partial charge on any atom is -0.288 e. The molecule has 0 saturated carbocycles. The number of hydrazone groups is 1. The summed E-state index contributed by atoms with van der Waals surface area (Å²) in [6, 6.07) is 13.2. The fourth-order valence-electron chi connectivity index (χ4n) is 1.96. The molecule has 0 spiro atoms. The number of hydrogen-bond acceptors (Lipinski definition) is 5. The van der Waals surface area contributed by atoms with Gasteiger partial charge in [-0.25, -0.2) is 9.82 Å². The molecule has 0 aliphatic carbocycles. The van der Waals surface area contributed by atoms with Crippen LogP contribution in [0.25, 0.3) is 11.3 Å². The molecule has 0 unspecified atom stereocenters. The predicted octanol–water partition coefficient (Wildman–Crippen LogP) is 3.07. The Balaban J connectivity index is 1.79. The van der Waals surface area contributed by atoms with E-state index < -0.39 is 11.4 Å². The zero-order valence-electron chi connectivity index (χ0n) is 12.2. The molecule has 0 bridgehead atoms. The van der Waals surface area contributed by atoms with Gasteiger partial charge in [0, 0.05) is 11.1 Å². The van der Waals surface area contributed by atoms with E-state index in [1.807, 2.05) is 6.07 Å². The highest BCUT2D eigenvalue weighted by molar-refractivity contribution is 6.33. The zero-order valence-corrected chi connectivity index (χ0v) is 13.0. The van der Waals surface area contributed by atoms with Crippen LogP contribution in [-0.4, -0.2) is 21.4 Å². The third kappa shape index (κ3) is 3.47. The van der Waals surface area contributed by atoms with Crippen molar-refractivity contribution in [2.24, 2.45) is 5.10 Å². The number of halogens is 2. The van der Waals surface area contributed by atoms with Crippen LogP contribution in [0.2, 0.25) is 5.02 Å². The number of nitrogens with zero attached hydrogens (tertiary/aromatic N) is 3. The predicted molar refractivity (Wildman–Crippen MR) is 90.7 cm³/mol. The molecular weight excluding hydrogens is 333 g/mol. The molecule has 0 aliphatic rings. The highest BCUT2D eigenvalue weighted by atomic mass is 35.5. The van der Waals surface area contributed by atoms with Crippen molar-refractivity contribution in [1.82, 2.24) is 15.2 Å². The summed E-state index contributed by atoms with van der Waals surface area (Å²) in [5.41, 5.74) is 3.04. The first-order valence-electron chi connectivity index (χ1n) is 6.90. The molecular formula is C16H11ClFN5O. The van der Waals surface area contributed by atoms with Crippen LogP contribution in [0.15, 0.2) is 58.4 Å². The molecule has 0 saturated heterocycles. The largest absolute Gasteiger partial charge is 0.288 e. The summed E-state index contributed by atoms with van der Waals surface area (Å²) < 4.78 is 13.6. The summed E-state index contributed by atoms with van der Waals surface area (Å²) in [5, 5.41) is 11.7. The van der Waals surface area contributed by atoms with Gasteiger partial charge in [0.15, 0.2) is 5.69 Å². The molecule has 120 valence electrons. The Bertz CT molecular complexity index is 922. The van der Waals surface area contributed by atoms with E-state index in [1.165, 1.54) is 18.3 Å². The lowest BCUT2D eigenvalue weighted by Crippen LogP contribution is -2.15. The van der Waals surface area contributed by atoms with Crippen LogP contribution in [0.4, 0.5) is 10.3 Å². The van der Waals surface area contributed by atoms with Crippen molar-refractivity contribution >= 4 is 23.8 Å². The van der Waals surface area contributed by atoms with Gasteiger partial charge < -0.3 is 0 Å². The summed E-state index contributed by atoms with van der Waals surface area (Å²) in [6.45, 7) is 0. The van der Waals surface area contributed by atoms with Gasteiger partial charge in [-0.05, 0) is 12.1 Å². The van der Waals surface area contributed by atoms with E-state index in [9.17, 15) is 9.18 Å². The van der Waals surface area contributed by atoms with Crippen LogP contribution in [0, 0.1) is 5.82 Å². The summed E-state index contributed by atoms with van der Waals surface area (Å²) >= 11 is 5.88. The lowest BCUT2D eigenvalue weighted by molar-refractivity contribution is 0.626. The van der Waals surface area contributed by atoms with Gasteiger partial charge in [-0.15, -0.1) is 10.2 Å². The van der Waals surface area contributed by atoms with Crippen molar-refractivity contribution in [3.05, 3.63) is 75.3 Å². The standard InChI is InChI=1S/C16H11ClFN5O/c17-12-7-4-8-13(18)11(12)9-19-22-16-20-15(24)14(21-23-16)10-5-2-1-3-6-10/h1-9H,(H2,20,22,23,24)/b19-9+. The molecule has 6 nitrogen and oxygen atoms in total. The Morgan fingerprint density at radius 3 is 2.62 bits per heavy atom. The SMILES string of the molecule is O=c1[nH]c(N/N=C/c2c(F)cccc2Cl)nnc1-c1ccccc1. The Morgan fingerprint density at radius 1 is 1.12 bits per heavy atom. The Labute approximate surface area is 141 Å². The van der Waals surface area contributed by atoms with E-state index >= 15 is 0 Å². The quantitative estimate of drug-likeness (QED) is 0.563. The van der Waals surface area contributed by atoms with E-state index in [1.54, 1.807) is 30.3 Å². The van der Waals surface area contributed by atoms with Crippen molar-refractivity contribution in [2.45, 2.75) is 0 Å². The topological polar surface area (TPSA) is 83.0 Å². The molecule has 2 N–H and O–H groups in total. The number of aromatic amines is 1. The molecule has 0 aliphatic heterocycles. The molecule has 0 radical (unpaired) electrons. The van der Waals surface area contributed by atoms with E-state index in [2.05, 4.69) is 25.7 Å². The molecule has 3 aromatic rings. The van der Waals surface area contributed by atoms with Crippen molar-refractivity contribution in [1.29, 1.82) is 0 Å². The number of aromatic nitrogens is 3. The highest BCUT2D eigenvalue weighted by Crippen LogP contribution is 2.16. The average molecular weight is 344 g/mol. The van der Waals surface area contributed by atoms with Crippen LogP contribution < -0.4 is 11.0 Å². The van der Waals surface area contributed by atoms with Gasteiger partial charge in [-0.2, -0.15) is 5.10 Å². The fourth-order valence-corrected chi connectivity index (χ4v) is 2.18. The summed E-state index contributed by atoms with van der Waals surface area (Å²) in [5.74, 6) is -0.476. The van der Waals surface area contributed by atoms with Crippen molar-refractivity contribution in [2.75, 3.05) is 5.43 Å². The van der Waals surface area contributed by atoms with E-state index in [-0.39, 0.29) is 22.2 Å². The first kappa shape index (κ1) is 15.8. The van der Waals surface area contributed by atoms with Crippen molar-refractivity contribution in [3.63, 3.8) is 0 Å². The first-order valence-corrected chi connectivity index (χ1v) is 7.28. The summed E-state index contributed by atoms with van der Waals surface area (Å²) in [4.78, 5) is 14.6. The third-order valence-electron chi connectivity index (χ3n) is 3.11. The van der Waals surface area contributed by atoms with Crippen LogP contribution in [-0.2, 0) is 0 Å². The fraction of sp³-hybridized carbons (Fsp3) is 0. The molecule has 1 heterocycles. The Kier molecular flexibility index (Phi) is 4.62. The number of rotatable bonds is 4. The van der Waals surface area contributed by atoms with Crippen LogP contribution in [0.3, 0.4) is 0 Å². The second-order valence-corrected chi connectivity index (χ2v) is 5.13. The first-order chi connectivity index (χ1) is 11.6. The number of anilines is 1. The Morgan fingerprint density at radius 2 is 1.92 bits per heavy atom. The van der Waals surface area contributed by atoms with E-state index in [4.69, 9.17) is 11.6 Å². The number of benzene rings is 2. The molecule has 0 amide bonds. The normalized spacial score (nSPS) is 10.9. The second kappa shape index (κ2) is 7.01. The second-order valence-electron chi connectivity index (χ2n) is 4.72. The Hall–Kier alpha value is -3.06. The highest BCUT2D eigenvalue weighted by Gasteiger charge is 2.07. The van der Waals surface area contributed by atoms with Gasteiger partial charge in [0.25, 0.3) is 5.56 Å². The molecule has 2 aromatic carbocycles. The zero-order chi connectivity index (χ0) is 16.9.